The number of rotatable bonds is 2. The Morgan fingerprint density at radius 2 is 1.05 bits per heavy atom. The molecule has 1 aliphatic carbocycles. The van der Waals surface area contributed by atoms with Gasteiger partial charge in [-0.1, -0.05) is 78.9 Å². The molecule has 56 heavy (non-hydrogen) atoms. The van der Waals surface area contributed by atoms with Crippen molar-refractivity contribution in [3.05, 3.63) is 197 Å². The Kier molecular flexibility index (Phi) is 5.99. The lowest BCUT2D eigenvalue weighted by molar-refractivity contribution is 0.433. The first kappa shape index (κ1) is 30.5. The highest BCUT2D eigenvalue weighted by molar-refractivity contribution is 6.11. The fourth-order valence-electron chi connectivity index (χ4n) is 9.56. The molecule has 0 saturated heterocycles. The molecule has 0 atom stereocenters. The van der Waals surface area contributed by atoms with Crippen molar-refractivity contribution in [2.75, 3.05) is 0 Å². The smallest absolute Gasteiger partial charge is 0.188 e. The van der Waals surface area contributed by atoms with Crippen LogP contribution in [0.15, 0.2) is 158 Å². The molecule has 258 valence electrons. The SMILES string of the molecule is [C-]#[N+]c1ccc2c(c1)c1ccccc1n2-c1cccc2c1Oc1c(-n3c4ccccc4c4cc(C#N)ccc43)cccc1C21c2cccnc2-c2ncccc21. The molecule has 12 rings (SSSR count). The lowest BCUT2D eigenvalue weighted by atomic mass is 9.66. The van der Waals surface area contributed by atoms with Gasteiger partial charge in [-0.15, -0.1) is 0 Å². The minimum Gasteiger partial charge on any atom is -0.452 e. The molecule has 6 aromatic carbocycles. The molecule has 0 N–H and O–H groups in total. The fraction of sp³-hybridized carbons (Fsp3) is 0.0204. The van der Waals surface area contributed by atoms with Crippen molar-refractivity contribution in [1.82, 2.24) is 19.1 Å². The van der Waals surface area contributed by atoms with Gasteiger partial charge in [-0.25, -0.2) is 4.85 Å². The van der Waals surface area contributed by atoms with Crippen LogP contribution < -0.4 is 4.74 Å². The van der Waals surface area contributed by atoms with Gasteiger partial charge >= 0.3 is 0 Å². The van der Waals surface area contributed by atoms with Crippen LogP contribution in [-0.4, -0.2) is 19.1 Å². The third-order valence-electron chi connectivity index (χ3n) is 11.7. The van der Waals surface area contributed by atoms with Crippen LogP contribution in [0.25, 0.3) is 71.2 Å². The molecule has 0 radical (unpaired) electrons. The first-order valence-electron chi connectivity index (χ1n) is 18.4. The normalized spacial score (nSPS) is 13.2. The molecule has 5 heterocycles. The molecule has 0 amide bonds. The predicted molar refractivity (Wildman–Crippen MR) is 219 cm³/mol. The second-order valence-electron chi connectivity index (χ2n) is 14.3. The molecule has 4 aromatic heterocycles. The maximum absolute atomic E-state index is 9.88. The number of nitriles is 1. The zero-order chi connectivity index (χ0) is 37.1. The molecule has 7 heteroatoms. The van der Waals surface area contributed by atoms with Crippen molar-refractivity contribution in [1.29, 1.82) is 5.26 Å². The molecule has 7 nitrogen and oxygen atoms in total. The van der Waals surface area contributed by atoms with E-state index in [1.54, 1.807) is 0 Å². The fourth-order valence-corrected chi connectivity index (χ4v) is 9.56. The van der Waals surface area contributed by atoms with Gasteiger partial charge < -0.3 is 13.9 Å². The lowest BCUT2D eigenvalue weighted by Crippen LogP contribution is -2.33. The number of benzene rings is 6. The number of pyridine rings is 2. The number of hydrogen-bond acceptors (Lipinski definition) is 4. The summed E-state index contributed by atoms with van der Waals surface area (Å²) >= 11 is 0. The van der Waals surface area contributed by atoms with E-state index in [1.807, 2.05) is 73.1 Å². The summed E-state index contributed by atoms with van der Waals surface area (Å²) in [6.45, 7) is 7.77. The quantitative estimate of drug-likeness (QED) is 0.167. The van der Waals surface area contributed by atoms with E-state index in [1.165, 1.54) is 0 Å². The molecule has 1 spiro atoms. The monoisotopic (exact) mass is 714 g/mol. The highest BCUT2D eigenvalue weighted by Gasteiger charge is 2.53. The van der Waals surface area contributed by atoms with Gasteiger partial charge in [0.1, 0.15) is 0 Å². The number of nitrogens with zero attached hydrogens (tertiary/aromatic N) is 6. The summed E-state index contributed by atoms with van der Waals surface area (Å²) in [5, 5.41) is 14.0. The van der Waals surface area contributed by atoms with E-state index >= 15 is 0 Å². The van der Waals surface area contributed by atoms with Crippen molar-refractivity contribution in [3.63, 3.8) is 0 Å². The molecule has 10 aromatic rings. The van der Waals surface area contributed by atoms with Gasteiger partial charge in [-0.2, -0.15) is 5.26 Å². The first-order chi connectivity index (χ1) is 27.7. The second-order valence-corrected chi connectivity index (χ2v) is 14.3. The van der Waals surface area contributed by atoms with Gasteiger partial charge in [-0.05, 0) is 83.2 Å². The van der Waals surface area contributed by atoms with E-state index in [0.29, 0.717) is 11.3 Å². The Bertz CT molecular complexity index is 3220. The number of ether oxygens (including phenoxy) is 1. The summed E-state index contributed by atoms with van der Waals surface area (Å²) < 4.78 is 12.0. The Morgan fingerprint density at radius 1 is 0.536 bits per heavy atom. The average molecular weight is 715 g/mol. The van der Waals surface area contributed by atoms with Crippen LogP contribution in [0.5, 0.6) is 11.5 Å². The number of aromatic nitrogens is 4. The van der Waals surface area contributed by atoms with Gasteiger partial charge in [0.15, 0.2) is 17.2 Å². The van der Waals surface area contributed by atoms with E-state index < -0.39 is 5.41 Å². The van der Waals surface area contributed by atoms with E-state index in [0.717, 1.165) is 100 Å². The molecule has 0 saturated carbocycles. The molecule has 2 aliphatic rings. The third kappa shape index (κ3) is 3.73. The first-order valence-corrected chi connectivity index (χ1v) is 18.4. The Labute approximate surface area is 320 Å². The molecular weight excluding hydrogens is 689 g/mol. The minimum absolute atomic E-state index is 0.594. The van der Waals surface area contributed by atoms with Gasteiger partial charge in [-0.3, -0.25) is 9.97 Å². The van der Waals surface area contributed by atoms with E-state index in [2.05, 4.69) is 105 Å². The Morgan fingerprint density at radius 3 is 1.62 bits per heavy atom. The Hall–Kier alpha value is -8.00. The summed E-state index contributed by atoms with van der Waals surface area (Å²) in [6.07, 6.45) is 3.68. The van der Waals surface area contributed by atoms with Crippen LogP contribution in [0, 0.1) is 17.9 Å². The van der Waals surface area contributed by atoms with Gasteiger partial charge in [0.2, 0.25) is 0 Å². The van der Waals surface area contributed by atoms with E-state index in [4.69, 9.17) is 21.3 Å². The highest BCUT2D eigenvalue weighted by Crippen LogP contribution is 2.63. The summed E-state index contributed by atoms with van der Waals surface area (Å²) in [5.41, 5.74) is 11.9. The van der Waals surface area contributed by atoms with Crippen molar-refractivity contribution in [3.8, 4) is 40.3 Å². The van der Waals surface area contributed by atoms with Gasteiger partial charge in [0, 0.05) is 39.7 Å². The zero-order valence-corrected chi connectivity index (χ0v) is 29.6. The van der Waals surface area contributed by atoms with Crippen LogP contribution in [0.2, 0.25) is 0 Å². The maximum Gasteiger partial charge on any atom is 0.188 e. The Balaban J connectivity index is 1.25. The van der Waals surface area contributed by atoms with Crippen LogP contribution in [0.1, 0.15) is 27.8 Å². The second kappa shape index (κ2) is 11.0. The summed E-state index contributed by atoms with van der Waals surface area (Å²) in [5.74, 6) is 1.45. The van der Waals surface area contributed by atoms with Crippen molar-refractivity contribution < 1.29 is 4.74 Å². The van der Waals surface area contributed by atoms with Gasteiger partial charge in [0.25, 0.3) is 0 Å². The number of fused-ring (bicyclic) bond motifs is 15. The summed E-state index contributed by atoms with van der Waals surface area (Å²) in [6, 6.07) is 52.0. The van der Waals surface area contributed by atoms with Crippen LogP contribution in [0.3, 0.4) is 0 Å². The molecule has 1 aliphatic heterocycles. The van der Waals surface area contributed by atoms with Gasteiger partial charge in [0.05, 0.1) is 68.4 Å². The largest absolute Gasteiger partial charge is 0.452 e. The van der Waals surface area contributed by atoms with Crippen LogP contribution >= 0.6 is 0 Å². The topological polar surface area (TPSA) is 73.0 Å². The molecule has 0 fully saturated rings. The third-order valence-corrected chi connectivity index (χ3v) is 11.7. The van der Waals surface area contributed by atoms with Crippen LogP contribution in [0.4, 0.5) is 5.69 Å². The van der Waals surface area contributed by atoms with Crippen LogP contribution in [-0.2, 0) is 5.41 Å². The summed E-state index contributed by atoms with van der Waals surface area (Å²) in [4.78, 5) is 13.7. The molecule has 0 bridgehead atoms. The highest BCUT2D eigenvalue weighted by atomic mass is 16.5. The molecule has 0 unspecified atom stereocenters. The maximum atomic E-state index is 9.88. The van der Waals surface area contributed by atoms with E-state index in [-0.39, 0.29) is 0 Å². The standard InChI is InChI=1S/C49H26N6O/c1-51-30-21-23-42-34(27-30)32-11-3-5-17-40(32)55(42)44-19-7-13-38-48(44)56-47-37(49(38)35-14-8-24-52-45(35)46-36(49)15-9-25-53-46)12-6-18-43(47)54-39-16-4-2-10-31(39)33-26-29(28-50)20-22-41(33)54/h2-27H. The van der Waals surface area contributed by atoms with Crippen molar-refractivity contribution in [2.24, 2.45) is 0 Å². The van der Waals surface area contributed by atoms with Crippen molar-refractivity contribution >= 4 is 49.3 Å². The average Bonchev–Trinajstić information content (AvgIpc) is 3.87. The van der Waals surface area contributed by atoms with E-state index in [9.17, 15) is 5.26 Å². The summed E-state index contributed by atoms with van der Waals surface area (Å²) in [7, 11) is 0. The lowest BCUT2D eigenvalue weighted by Gasteiger charge is -2.40. The number of hydrogen-bond donors (Lipinski definition) is 0. The zero-order valence-electron chi connectivity index (χ0n) is 29.6. The molecular formula is C49H26N6O. The van der Waals surface area contributed by atoms with Crippen molar-refractivity contribution in [2.45, 2.75) is 5.41 Å². The number of para-hydroxylation sites is 4. The predicted octanol–water partition coefficient (Wildman–Crippen LogP) is 11.6. The minimum atomic E-state index is -0.828.